The number of benzene rings is 2. The van der Waals surface area contributed by atoms with Gasteiger partial charge in [-0.25, -0.2) is 4.79 Å². The minimum Gasteiger partial charge on any atom is -0.350 e. The van der Waals surface area contributed by atoms with Crippen LogP contribution in [-0.2, 0) is 29.7 Å². The summed E-state index contributed by atoms with van der Waals surface area (Å²) >= 11 is 0. The van der Waals surface area contributed by atoms with E-state index in [4.69, 9.17) is 4.52 Å². The zero-order chi connectivity index (χ0) is 28.4. The van der Waals surface area contributed by atoms with Gasteiger partial charge in [-0.3, -0.25) is 14.5 Å². The van der Waals surface area contributed by atoms with Gasteiger partial charge in [0, 0.05) is 24.0 Å². The maximum absolute atomic E-state index is 13.3. The third-order valence-electron chi connectivity index (χ3n) is 7.23. The number of likely N-dealkylation sites (N-methyl/N-ethyl adjacent to an activating group) is 1. The van der Waals surface area contributed by atoms with E-state index in [0.29, 0.717) is 30.3 Å². The van der Waals surface area contributed by atoms with Gasteiger partial charge in [0.2, 0.25) is 5.89 Å². The highest BCUT2D eigenvalue weighted by Gasteiger charge is 2.48. The summed E-state index contributed by atoms with van der Waals surface area (Å²) < 4.78 is 5.11. The molecule has 4 aromatic rings. The van der Waals surface area contributed by atoms with Gasteiger partial charge in [-0.2, -0.15) is 4.98 Å². The Balaban J connectivity index is 1.35. The SMILES string of the molecule is Cc1noc(CNC(=O)c2[nH]c3ccc(CCN4C(=O)NC(C)(c5ccccc5)C4=O)cc3c2CCN(C)C)n1. The largest absolute Gasteiger partial charge is 0.350 e. The van der Waals surface area contributed by atoms with Crippen molar-refractivity contribution in [1.29, 1.82) is 0 Å². The van der Waals surface area contributed by atoms with Gasteiger partial charge in [-0.05, 0) is 69.6 Å². The van der Waals surface area contributed by atoms with Crippen molar-refractivity contribution in [3.63, 3.8) is 0 Å². The molecule has 1 fully saturated rings. The fraction of sp³-hybridized carbons (Fsp3) is 0.345. The first-order chi connectivity index (χ1) is 19.2. The van der Waals surface area contributed by atoms with Crippen LogP contribution in [0.4, 0.5) is 4.79 Å². The van der Waals surface area contributed by atoms with Crippen molar-refractivity contribution < 1.29 is 18.9 Å². The highest BCUT2D eigenvalue weighted by Crippen LogP contribution is 2.29. The van der Waals surface area contributed by atoms with E-state index < -0.39 is 11.6 Å². The Bertz CT molecular complexity index is 1560. The summed E-state index contributed by atoms with van der Waals surface area (Å²) in [6, 6.07) is 14.8. The van der Waals surface area contributed by atoms with Crippen LogP contribution in [0.25, 0.3) is 10.9 Å². The third-order valence-corrected chi connectivity index (χ3v) is 7.23. The van der Waals surface area contributed by atoms with Crippen LogP contribution in [0.3, 0.4) is 0 Å². The van der Waals surface area contributed by atoms with Gasteiger partial charge in [-0.1, -0.05) is 41.6 Å². The number of urea groups is 1. The quantitative estimate of drug-likeness (QED) is 0.262. The zero-order valence-corrected chi connectivity index (χ0v) is 23.1. The molecule has 11 heteroatoms. The van der Waals surface area contributed by atoms with Crippen LogP contribution < -0.4 is 10.6 Å². The van der Waals surface area contributed by atoms with Crippen molar-refractivity contribution in [3.05, 3.63) is 82.6 Å². The summed E-state index contributed by atoms with van der Waals surface area (Å²) in [7, 11) is 3.97. The minimum atomic E-state index is -1.09. The van der Waals surface area contributed by atoms with Crippen LogP contribution in [0.1, 0.15) is 45.8 Å². The molecule has 0 aliphatic carbocycles. The number of hydrogen-bond donors (Lipinski definition) is 3. The average Bonchev–Trinajstić information content (AvgIpc) is 3.59. The summed E-state index contributed by atoms with van der Waals surface area (Å²) in [5.41, 5.74) is 2.83. The van der Waals surface area contributed by atoms with Gasteiger partial charge in [0.1, 0.15) is 11.2 Å². The molecule has 40 heavy (non-hydrogen) atoms. The number of aromatic nitrogens is 3. The fourth-order valence-corrected chi connectivity index (χ4v) is 5.00. The number of hydrogen-bond acceptors (Lipinski definition) is 7. The molecule has 11 nitrogen and oxygen atoms in total. The Kier molecular flexibility index (Phi) is 7.40. The number of aryl methyl sites for hydroxylation is 1. The third kappa shape index (κ3) is 5.32. The van der Waals surface area contributed by atoms with E-state index in [-0.39, 0.29) is 24.9 Å². The maximum Gasteiger partial charge on any atom is 0.325 e. The molecular formula is C29H33N7O4. The van der Waals surface area contributed by atoms with E-state index in [1.807, 2.05) is 62.6 Å². The first-order valence-electron chi connectivity index (χ1n) is 13.2. The van der Waals surface area contributed by atoms with Crippen LogP contribution in [0.15, 0.2) is 53.1 Å². The smallest absolute Gasteiger partial charge is 0.325 e. The lowest BCUT2D eigenvalue weighted by atomic mass is 9.92. The van der Waals surface area contributed by atoms with Gasteiger partial charge in [-0.15, -0.1) is 0 Å². The average molecular weight is 544 g/mol. The summed E-state index contributed by atoms with van der Waals surface area (Å²) in [5.74, 6) is 0.310. The fourth-order valence-electron chi connectivity index (χ4n) is 5.00. The van der Waals surface area contributed by atoms with Crippen molar-refractivity contribution >= 4 is 28.7 Å². The molecule has 0 radical (unpaired) electrons. The number of rotatable bonds is 10. The number of H-pyrrole nitrogens is 1. The second kappa shape index (κ2) is 10.9. The van der Waals surface area contributed by atoms with E-state index in [0.717, 1.165) is 34.1 Å². The molecule has 0 saturated carbocycles. The molecule has 5 rings (SSSR count). The van der Waals surface area contributed by atoms with Gasteiger partial charge in [0.15, 0.2) is 5.82 Å². The second-order valence-electron chi connectivity index (χ2n) is 10.5. The number of nitrogens with one attached hydrogen (secondary N) is 3. The molecule has 0 bridgehead atoms. The maximum atomic E-state index is 13.3. The van der Waals surface area contributed by atoms with Crippen LogP contribution in [-0.4, -0.2) is 70.0 Å². The molecular weight excluding hydrogens is 510 g/mol. The second-order valence-corrected chi connectivity index (χ2v) is 10.5. The van der Waals surface area contributed by atoms with Crippen molar-refractivity contribution in [2.75, 3.05) is 27.2 Å². The standard InChI is InChI=1S/C29H33N7O4/c1-18-31-24(40-34-18)17-30-26(37)25-21(13-14-35(3)4)22-16-19(10-11-23(22)32-25)12-15-36-27(38)29(2,33-28(36)39)20-8-6-5-7-9-20/h5-11,16,32H,12-15,17H2,1-4H3,(H,30,37)(H,33,39). The van der Waals surface area contributed by atoms with Gasteiger partial charge < -0.3 is 25.0 Å². The summed E-state index contributed by atoms with van der Waals surface area (Å²) in [5, 5.41) is 10.4. The number of imide groups is 1. The van der Waals surface area contributed by atoms with E-state index in [2.05, 4.69) is 30.7 Å². The van der Waals surface area contributed by atoms with E-state index in [9.17, 15) is 14.4 Å². The number of carbonyl (C=O) groups is 3. The van der Waals surface area contributed by atoms with Crippen LogP contribution >= 0.6 is 0 Å². The van der Waals surface area contributed by atoms with Gasteiger partial charge in [0.25, 0.3) is 11.8 Å². The molecule has 0 spiro atoms. The molecule has 2 aromatic carbocycles. The van der Waals surface area contributed by atoms with Crippen molar-refractivity contribution in [2.45, 2.75) is 38.8 Å². The molecule has 3 N–H and O–H groups in total. The minimum absolute atomic E-state index is 0.126. The van der Waals surface area contributed by atoms with Crippen molar-refractivity contribution in [3.8, 4) is 0 Å². The number of aromatic amines is 1. The summed E-state index contributed by atoms with van der Waals surface area (Å²) in [4.78, 5) is 50.0. The molecule has 1 atom stereocenters. The zero-order valence-electron chi connectivity index (χ0n) is 23.1. The Hall–Kier alpha value is -4.51. The number of carbonyl (C=O) groups excluding carboxylic acids is 3. The topological polar surface area (TPSA) is 136 Å². The van der Waals surface area contributed by atoms with Crippen LogP contribution in [0.5, 0.6) is 0 Å². The predicted octanol–water partition coefficient (Wildman–Crippen LogP) is 2.90. The molecule has 208 valence electrons. The molecule has 1 unspecified atom stereocenters. The van der Waals surface area contributed by atoms with Crippen LogP contribution in [0.2, 0.25) is 0 Å². The van der Waals surface area contributed by atoms with E-state index in [1.54, 1.807) is 13.8 Å². The summed E-state index contributed by atoms with van der Waals surface area (Å²) in [6.07, 6.45) is 1.14. The van der Waals surface area contributed by atoms with E-state index in [1.165, 1.54) is 4.90 Å². The Morgan fingerprint density at radius 3 is 2.60 bits per heavy atom. The lowest BCUT2D eigenvalue weighted by Gasteiger charge is -2.22. The number of nitrogens with zero attached hydrogens (tertiary/aromatic N) is 4. The number of fused-ring (bicyclic) bond motifs is 1. The first kappa shape index (κ1) is 27.1. The van der Waals surface area contributed by atoms with Crippen LogP contribution in [0, 0.1) is 6.92 Å². The van der Waals surface area contributed by atoms with E-state index >= 15 is 0 Å². The van der Waals surface area contributed by atoms with Gasteiger partial charge >= 0.3 is 6.03 Å². The Labute approximate surface area is 231 Å². The highest BCUT2D eigenvalue weighted by molar-refractivity contribution is 6.07. The van der Waals surface area contributed by atoms with Crippen molar-refractivity contribution in [2.24, 2.45) is 0 Å². The summed E-state index contributed by atoms with van der Waals surface area (Å²) in [6.45, 7) is 4.57. The molecule has 3 heterocycles. The lowest BCUT2D eigenvalue weighted by Crippen LogP contribution is -2.41. The Morgan fingerprint density at radius 2 is 1.90 bits per heavy atom. The molecule has 1 aliphatic rings. The molecule has 2 aromatic heterocycles. The normalized spacial score (nSPS) is 17.2. The van der Waals surface area contributed by atoms with Gasteiger partial charge in [0.05, 0.1) is 6.54 Å². The van der Waals surface area contributed by atoms with Crippen molar-refractivity contribution in [1.82, 2.24) is 35.6 Å². The Morgan fingerprint density at radius 1 is 1.12 bits per heavy atom. The molecule has 1 saturated heterocycles. The highest BCUT2D eigenvalue weighted by atomic mass is 16.5. The predicted molar refractivity (Wildman–Crippen MR) is 149 cm³/mol. The number of amides is 4. The monoisotopic (exact) mass is 543 g/mol. The molecule has 4 amide bonds. The first-order valence-corrected chi connectivity index (χ1v) is 13.2. The molecule has 1 aliphatic heterocycles. The lowest BCUT2D eigenvalue weighted by molar-refractivity contribution is -0.131.